The molecule has 130 valence electrons. The molecule has 0 amide bonds. The van der Waals surface area contributed by atoms with Crippen molar-refractivity contribution in [2.45, 2.75) is 26.1 Å². The lowest BCUT2D eigenvalue weighted by atomic mass is 10.1. The van der Waals surface area contributed by atoms with Crippen LogP contribution in [-0.4, -0.2) is 10.2 Å². The van der Waals surface area contributed by atoms with E-state index in [0.717, 1.165) is 11.6 Å². The molecule has 4 nitrogen and oxygen atoms in total. The highest BCUT2D eigenvalue weighted by Gasteiger charge is 2.32. The third-order valence-electron chi connectivity index (χ3n) is 3.76. The van der Waals surface area contributed by atoms with Gasteiger partial charge >= 0.3 is 6.18 Å². The van der Waals surface area contributed by atoms with E-state index in [1.54, 1.807) is 13.0 Å². The third kappa shape index (κ3) is 3.81. The van der Waals surface area contributed by atoms with Gasteiger partial charge < -0.3 is 9.73 Å². The van der Waals surface area contributed by atoms with Crippen LogP contribution in [0.1, 0.15) is 30.0 Å². The SMILES string of the molecule is Cc1ccc(NC(C)c2nnc(-c3ccccc3)o2)cc1C(F)(F)F. The third-order valence-corrected chi connectivity index (χ3v) is 3.76. The Kier molecular flexibility index (Phi) is 4.48. The van der Waals surface area contributed by atoms with Crippen molar-refractivity contribution in [3.05, 3.63) is 65.5 Å². The number of aryl methyl sites for hydroxylation is 1. The Labute approximate surface area is 142 Å². The van der Waals surface area contributed by atoms with Crippen molar-refractivity contribution in [3.63, 3.8) is 0 Å². The second-order valence-electron chi connectivity index (χ2n) is 5.70. The Balaban J connectivity index is 1.79. The molecule has 25 heavy (non-hydrogen) atoms. The quantitative estimate of drug-likeness (QED) is 0.701. The number of halogens is 3. The number of benzene rings is 2. The zero-order chi connectivity index (χ0) is 18.0. The summed E-state index contributed by atoms with van der Waals surface area (Å²) in [4.78, 5) is 0. The number of alkyl halides is 3. The molecular weight excluding hydrogens is 331 g/mol. The molecule has 1 heterocycles. The van der Waals surface area contributed by atoms with Crippen LogP contribution in [0.3, 0.4) is 0 Å². The molecular formula is C18H16F3N3O. The lowest BCUT2D eigenvalue weighted by Gasteiger charge is -2.15. The predicted molar refractivity (Wildman–Crippen MR) is 88.0 cm³/mol. The number of hydrogen-bond donors (Lipinski definition) is 1. The molecule has 0 saturated heterocycles. The Hall–Kier alpha value is -2.83. The minimum Gasteiger partial charge on any atom is -0.418 e. The number of aromatic nitrogens is 2. The van der Waals surface area contributed by atoms with E-state index in [0.29, 0.717) is 17.5 Å². The molecule has 1 aromatic heterocycles. The first-order valence-electron chi connectivity index (χ1n) is 7.68. The van der Waals surface area contributed by atoms with Crippen LogP contribution in [0.5, 0.6) is 0 Å². The van der Waals surface area contributed by atoms with Crippen LogP contribution in [0.4, 0.5) is 18.9 Å². The van der Waals surface area contributed by atoms with Gasteiger partial charge in [0.1, 0.15) is 6.04 Å². The van der Waals surface area contributed by atoms with Gasteiger partial charge in [-0.2, -0.15) is 13.2 Å². The zero-order valence-corrected chi connectivity index (χ0v) is 13.6. The van der Waals surface area contributed by atoms with Crippen LogP contribution in [-0.2, 0) is 6.18 Å². The van der Waals surface area contributed by atoms with Gasteiger partial charge in [-0.15, -0.1) is 10.2 Å². The van der Waals surface area contributed by atoms with E-state index in [2.05, 4.69) is 15.5 Å². The summed E-state index contributed by atoms with van der Waals surface area (Å²) in [5.74, 6) is 0.664. The van der Waals surface area contributed by atoms with E-state index in [-0.39, 0.29) is 5.56 Å². The van der Waals surface area contributed by atoms with Crippen molar-refractivity contribution in [2.75, 3.05) is 5.32 Å². The van der Waals surface area contributed by atoms with Gasteiger partial charge in [0, 0.05) is 11.3 Å². The molecule has 0 spiro atoms. The number of hydrogen-bond acceptors (Lipinski definition) is 4. The molecule has 0 fully saturated rings. The number of nitrogens with zero attached hydrogens (tertiary/aromatic N) is 2. The first-order valence-corrected chi connectivity index (χ1v) is 7.68. The molecule has 0 aliphatic carbocycles. The largest absolute Gasteiger partial charge is 0.418 e. The Morgan fingerprint density at radius 3 is 2.44 bits per heavy atom. The van der Waals surface area contributed by atoms with Gasteiger partial charge in [0.05, 0.1) is 5.56 Å². The van der Waals surface area contributed by atoms with Gasteiger partial charge in [-0.25, -0.2) is 0 Å². The monoisotopic (exact) mass is 347 g/mol. The fourth-order valence-electron chi connectivity index (χ4n) is 2.44. The summed E-state index contributed by atoms with van der Waals surface area (Å²) >= 11 is 0. The molecule has 1 unspecified atom stereocenters. The fraction of sp³-hybridized carbons (Fsp3) is 0.222. The van der Waals surface area contributed by atoms with Crippen molar-refractivity contribution >= 4 is 5.69 Å². The second kappa shape index (κ2) is 6.58. The maximum absolute atomic E-state index is 13.0. The molecule has 0 saturated carbocycles. The minimum atomic E-state index is -4.39. The van der Waals surface area contributed by atoms with E-state index in [1.807, 2.05) is 30.3 Å². The van der Waals surface area contributed by atoms with Crippen molar-refractivity contribution in [3.8, 4) is 11.5 Å². The first-order chi connectivity index (χ1) is 11.8. The average molecular weight is 347 g/mol. The van der Waals surface area contributed by atoms with Gasteiger partial charge in [0.15, 0.2) is 0 Å². The molecule has 1 N–H and O–H groups in total. The summed E-state index contributed by atoms with van der Waals surface area (Å²) < 4.78 is 44.7. The van der Waals surface area contributed by atoms with Crippen LogP contribution in [0.25, 0.3) is 11.5 Å². The standard InChI is InChI=1S/C18H16F3N3O/c1-11-8-9-14(10-15(11)18(19,20)21)22-12(2)16-23-24-17(25-16)13-6-4-3-5-7-13/h3-10,12,22H,1-2H3. The smallest absolute Gasteiger partial charge is 0.416 e. The Morgan fingerprint density at radius 2 is 1.76 bits per heavy atom. The van der Waals surface area contributed by atoms with E-state index in [4.69, 9.17) is 4.42 Å². The van der Waals surface area contributed by atoms with Gasteiger partial charge in [-0.05, 0) is 43.7 Å². The lowest BCUT2D eigenvalue weighted by molar-refractivity contribution is -0.138. The minimum absolute atomic E-state index is 0.176. The van der Waals surface area contributed by atoms with E-state index >= 15 is 0 Å². The highest BCUT2D eigenvalue weighted by Crippen LogP contribution is 2.34. The highest BCUT2D eigenvalue weighted by atomic mass is 19.4. The average Bonchev–Trinajstić information content (AvgIpc) is 3.06. The van der Waals surface area contributed by atoms with Crippen LogP contribution in [0.15, 0.2) is 52.9 Å². The maximum atomic E-state index is 13.0. The molecule has 7 heteroatoms. The molecule has 3 aromatic rings. The number of nitrogens with one attached hydrogen (secondary N) is 1. The van der Waals surface area contributed by atoms with Crippen molar-refractivity contribution < 1.29 is 17.6 Å². The van der Waals surface area contributed by atoms with Gasteiger partial charge in [0.25, 0.3) is 0 Å². The van der Waals surface area contributed by atoms with Crippen LogP contribution in [0, 0.1) is 6.92 Å². The summed E-state index contributed by atoms with van der Waals surface area (Å²) in [7, 11) is 0. The summed E-state index contributed by atoms with van der Waals surface area (Å²) in [5, 5.41) is 10.9. The molecule has 0 radical (unpaired) electrons. The molecule has 1 atom stereocenters. The normalized spacial score (nSPS) is 12.8. The molecule has 2 aromatic carbocycles. The van der Waals surface area contributed by atoms with E-state index < -0.39 is 17.8 Å². The Bertz CT molecular complexity index is 860. The molecule has 0 bridgehead atoms. The summed E-state index contributed by atoms with van der Waals surface area (Å²) in [6.07, 6.45) is -4.39. The van der Waals surface area contributed by atoms with Crippen LogP contribution < -0.4 is 5.32 Å². The lowest BCUT2D eigenvalue weighted by Crippen LogP contribution is -2.11. The first kappa shape index (κ1) is 17.0. The highest BCUT2D eigenvalue weighted by molar-refractivity contribution is 5.52. The van der Waals surface area contributed by atoms with Crippen molar-refractivity contribution in [1.82, 2.24) is 10.2 Å². The van der Waals surface area contributed by atoms with Gasteiger partial charge in [-0.3, -0.25) is 0 Å². The van der Waals surface area contributed by atoms with Gasteiger partial charge in [0.2, 0.25) is 11.8 Å². The molecule has 0 aliphatic heterocycles. The zero-order valence-electron chi connectivity index (χ0n) is 13.6. The predicted octanol–water partition coefficient (Wildman–Crippen LogP) is 5.24. The maximum Gasteiger partial charge on any atom is 0.416 e. The van der Waals surface area contributed by atoms with Crippen molar-refractivity contribution in [1.29, 1.82) is 0 Å². The summed E-state index contributed by atoms with van der Waals surface area (Å²) in [5.41, 5.74) is 0.628. The summed E-state index contributed by atoms with van der Waals surface area (Å²) in [6, 6.07) is 12.9. The van der Waals surface area contributed by atoms with Crippen molar-refractivity contribution in [2.24, 2.45) is 0 Å². The summed E-state index contributed by atoms with van der Waals surface area (Å²) in [6.45, 7) is 3.18. The Morgan fingerprint density at radius 1 is 1.04 bits per heavy atom. The molecule has 0 aliphatic rings. The number of rotatable bonds is 4. The van der Waals surface area contributed by atoms with E-state index in [9.17, 15) is 13.2 Å². The van der Waals surface area contributed by atoms with Crippen LogP contribution >= 0.6 is 0 Å². The molecule has 3 rings (SSSR count). The van der Waals surface area contributed by atoms with E-state index in [1.165, 1.54) is 13.0 Å². The number of anilines is 1. The second-order valence-corrected chi connectivity index (χ2v) is 5.70. The van der Waals surface area contributed by atoms with Crippen LogP contribution in [0.2, 0.25) is 0 Å². The fourth-order valence-corrected chi connectivity index (χ4v) is 2.44. The topological polar surface area (TPSA) is 51.0 Å². The van der Waals surface area contributed by atoms with Gasteiger partial charge in [-0.1, -0.05) is 24.3 Å².